The van der Waals surface area contributed by atoms with Crippen molar-refractivity contribution in [1.82, 2.24) is 4.98 Å². The Kier molecular flexibility index (Phi) is 2.98. The third-order valence-corrected chi connectivity index (χ3v) is 2.22. The molecule has 1 aromatic heterocycles. The Bertz CT molecular complexity index is 636. The van der Waals surface area contributed by atoms with E-state index in [-0.39, 0.29) is 23.0 Å². The number of nitrogens with zero attached hydrogens (tertiary/aromatic N) is 2. The van der Waals surface area contributed by atoms with Gasteiger partial charge in [-0.3, -0.25) is 0 Å². The number of rotatable bonds is 2. The summed E-state index contributed by atoms with van der Waals surface area (Å²) in [6, 6.07) is 8.67. The Hall–Kier alpha value is -2.81. The molecule has 0 aliphatic carbocycles. The molecule has 90 valence electrons. The fourth-order valence-electron chi connectivity index (χ4n) is 1.29. The lowest BCUT2D eigenvalue weighted by molar-refractivity contribution is 0.459. The zero-order chi connectivity index (χ0) is 13.1. The van der Waals surface area contributed by atoms with Gasteiger partial charge in [0.2, 0.25) is 5.88 Å². The first-order valence-corrected chi connectivity index (χ1v) is 4.99. The first-order valence-electron chi connectivity index (χ1n) is 4.99. The summed E-state index contributed by atoms with van der Waals surface area (Å²) in [4.78, 5) is 3.88. The number of ether oxygens (including phenoxy) is 1. The first-order chi connectivity index (χ1) is 8.60. The molecule has 5 nitrogen and oxygen atoms in total. The standard InChI is InChI=1S/C12H9FN4O/c13-9-5-8(2-1-7(9)6-14)18-11-4-3-10(15)12(16)17-11/h1-5H,15H2,(H2,16,17). The van der Waals surface area contributed by atoms with E-state index in [2.05, 4.69) is 4.98 Å². The lowest BCUT2D eigenvalue weighted by atomic mass is 10.2. The fraction of sp³-hybridized carbons (Fsp3) is 0. The number of pyridine rings is 1. The molecule has 0 saturated carbocycles. The van der Waals surface area contributed by atoms with Gasteiger partial charge in [-0.05, 0) is 18.2 Å². The molecule has 4 N–H and O–H groups in total. The largest absolute Gasteiger partial charge is 0.439 e. The van der Waals surface area contributed by atoms with Crippen LogP contribution in [0.3, 0.4) is 0 Å². The molecule has 1 heterocycles. The van der Waals surface area contributed by atoms with E-state index < -0.39 is 5.82 Å². The van der Waals surface area contributed by atoms with Gasteiger partial charge in [-0.15, -0.1) is 0 Å². The van der Waals surface area contributed by atoms with Crippen molar-refractivity contribution in [2.75, 3.05) is 11.5 Å². The van der Waals surface area contributed by atoms with E-state index in [9.17, 15) is 4.39 Å². The van der Waals surface area contributed by atoms with Crippen LogP contribution >= 0.6 is 0 Å². The molecule has 0 bridgehead atoms. The summed E-state index contributed by atoms with van der Waals surface area (Å²) >= 11 is 0. The van der Waals surface area contributed by atoms with E-state index in [1.807, 2.05) is 0 Å². The molecule has 1 aromatic carbocycles. The lowest BCUT2D eigenvalue weighted by Crippen LogP contribution is -1.99. The molecule has 0 atom stereocenters. The number of nitrogens with two attached hydrogens (primary N) is 2. The summed E-state index contributed by atoms with van der Waals surface area (Å²) in [6.45, 7) is 0. The zero-order valence-corrected chi connectivity index (χ0v) is 9.22. The number of halogens is 1. The van der Waals surface area contributed by atoms with E-state index in [4.69, 9.17) is 21.5 Å². The van der Waals surface area contributed by atoms with Crippen molar-refractivity contribution in [2.24, 2.45) is 0 Å². The van der Waals surface area contributed by atoms with Crippen LogP contribution in [-0.2, 0) is 0 Å². The molecule has 6 heteroatoms. The lowest BCUT2D eigenvalue weighted by Gasteiger charge is -2.06. The minimum Gasteiger partial charge on any atom is -0.439 e. The molecule has 0 amide bonds. The molecule has 0 spiro atoms. The molecule has 2 aromatic rings. The van der Waals surface area contributed by atoms with Crippen LogP contribution in [0, 0.1) is 17.1 Å². The number of nitriles is 1. The van der Waals surface area contributed by atoms with Gasteiger partial charge in [0.15, 0.2) is 5.82 Å². The molecule has 0 radical (unpaired) electrons. The highest BCUT2D eigenvalue weighted by atomic mass is 19.1. The maximum absolute atomic E-state index is 13.3. The quantitative estimate of drug-likeness (QED) is 0.842. The number of benzene rings is 1. The van der Waals surface area contributed by atoms with Crippen LogP contribution in [0.15, 0.2) is 30.3 Å². The van der Waals surface area contributed by atoms with Crippen LogP contribution in [0.1, 0.15) is 5.56 Å². The molecule has 2 rings (SSSR count). The molecule has 0 unspecified atom stereocenters. The molecule has 0 saturated heterocycles. The number of hydrogen-bond acceptors (Lipinski definition) is 5. The van der Waals surface area contributed by atoms with Crippen molar-refractivity contribution in [2.45, 2.75) is 0 Å². The smallest absolute Gasteiger partial charge is 0.221 e. The van der Waals surface area contributed by atoms with Gasteiger partial charge in [-0.1, -0.05) is 0 Å². The highest BCUT2D eigenvalue weighted by Gasteiger charge is 2.06. The number of aromatic nitrogens is 1. The van der Waals surface area contributed by atoms with Crippen molar-refractivity contribution in [3.8, 4) is 17.7 Å². The Morgan fingerprint density at radius 3 is 2.61 bits per heavy atom. The number of anilines is 2. The van der Waals surface area contributed by atoms with Crippen molar-refractivity contribution < 1.29 is 9.13 Å². The van der Waals surface area contributed by atoms with E-state index in [1.165, 1.54) is 24.3 Å². The van der Waals surface area contributed by atoms with Gasteiger partial charge in [0.05, 0.1) is 11.3 Å². The molecule has 0 fully saturated rings. The SMILES string of the molecule is N#Cc1ccc(Oc2ccc(N)c(N)n2)cc1F. The topological polar surface area (TPSA) is 97.9 Å². The van der Waals surface area contributed by atoms with Crippen LogP contribution in [0.25, 0.3) is 0 Å². The highest BCUT2D eigenvalue weighted by Crippen LogP contribution is 2.24. The van der Waals surface area contributed by atoms with E-state index in [1.54, 1.807) is 6.07 Å². The second-order valence-electron chi connectivity index (χ2n) is 3.48. The van der Waals surface area contributed by atoms with Crippen molar-refractivity contribution in [3.05, 3.63) is 41.7 Å². The Morgan fingerprint density at radius 2 is 2.00 bits per heavy atom. The van der Waals surface area contributed by atoms with Crippen molar-refractivity contribution in [1.29, 1.82) is 5.26 Å². The Morgan fingerprint density at radius 1 is 1.22 bits per heavy atom. The predicted molar refractivity (Wildman–Crippen MR) is 64.3 cm³/mol. The fourth-order valence-corrected chi connectivity index (χ4v) is 1.29. The predicted octanol–water partition coefficient (Wildman–Crippen LogP) is 2.05. The van der Waals surface area contributed by atoms with Gasteiger partial charge >= 0.3 is 0 Å². The number of hydrogen-bond donors (Lipinski definition) is 2. The minimum atomic E-state index is -0.654. The van der Waals surface area contributed by atoms with E-state index in [0.717, 1.165) is 6.07 Å². The van der Waals surface area contributed by atoms with Crippen LogP contribution < -0.4 is 16.2 Å². The average molecular weight is 244 g/mol. The third-order valence-electron chi connectivity index (χ3n) is 2.22. The summed E-state index contributed by atoms with van der Waals surface area (Å²) in [5, 5.41) is 8.59. The van der Waals surface area contributed by atoms with E-state index >= 15 is 0 Å². The maximum Gasteiger partial charge on any atom is 0.221 e. The normalized spacial score (nSPS) is 9.78. The van der Waals surface area contributed by atoms with Gasteiger partial charge in [0, 0.05) is 12.1 Å². The van der Waals surface area contributed by atoms with Crippen molar-refractivity contribution >= 4 is 11.5 Å². The van der Waals surface area contributed by atoms with Gasteiger partial charge in [-0.2, -0.15) is 10.2 Å². The third kappa shape index (κ3) is 2.30. The zero-order valence-electron chi connectivity index (χ0n) is 9.22. The maximum atomic E-state index is 13.3. The van der Waals surface area contributed by atoms with Crippen LogP contribution in [0.2, 0.25) is 0 Å². The van der Waals surface area contributed by atoms with Gasteiger partial charge < -0.3 is 16.2 Å². The Balaban J connectivity index is 2.26. The number of nitrogen functional groups attached to an aromatic ring is 2. The highest BCUT2D eigenvalue weighted by molar-refractivity contribution is 5.58. The Labute approximate surface area is 102 Å². The van der Waals surface area contributed by atoms with Crippen LogP contribution in [-0.4, -0.2) is 4.98 Å². The van der Waals surface area contributed by atoms with Crippen LogP contribution in [0.5, 0.6) is 11.6 Å². The summed E-state index contributed by atoms with van der Waals surface area (Å²) in [7, 11) is 0. The molecule has 0 aliphatic rings. The van der Waals surface area contributed by atoms with Gasteiger partial charge in [0.25, 0.3) is 0 Å². The minimum absolute atomic E-state index is 0.0490. The molecule has 0 aliphatic heterocycles. The summed E-state index contributed by atoms with van der Waals surface area (Å²) in [5.74, 6) is -0.0889. The molecular formula is C12H9FN4O. The second-order valence-corrected chi connectivity index (χ2v) is 3.48. The van der Waals surface area contributed by atoms with Crippen molar-refractivity contribution in [3.63, 3.8) is 0 Å². The van der Waals surface area contributed by atoms with Gasteiger partial charge in [0.1, 0.15) is 17.6 Å². The second kappa shape index (κ2) is 4.59. The average Bonchev–Trinajstić information content (AvgIpc) is 2.34. The van der Waals surface area contributed by atoms with Crippen LogP contribution in [0.4, 0.5) is 15.9 Å². The summed E-state index contributed by atoms with van der Waals surface area (Å²) < 4.78 is 18.6. The molecule has 18 heavy (non-hydrogen) atoms. The first kappa shape index (κ1) is 11.7. The van der Waals surface area contributed by atoms with E-state index in [0.29, 0.717) is 5.69 Å². The van der Waals surface area contributed by atoms with Gasteiger partial charge in [-0.25, -0.2) is 4.39 Å². The molecular weight excluding hydrogens is 235 g/mol. The summed E-state index contributed by atoms with van der Waals surface area (Å²) in [6.07, 6.45) is 0. The monoisotopic (exact) mass is 244 g/mol. The summed E-state index contributed by atoms with van der Waals surface area (Å²) in [5.41, 5.74) is 11.3.